The van der Waals surface area contributed by atoms with E-state index in [1.54, 1.807) is 6.92 Å². The highest BCUT2D eigenvalue weighted by Crippen LogP contribution is 2.18. The summed E-state index contributed by atoms with van der Waals surface area (Å²) in [5.41, 5.74) is 0.194. The summed E-state index contributed by atoms with van der Waals surface area (Å²) in [5.74, 6) is -0.638. The molecule has 0 aliphatic carbocycles. The van der Waals surface area contributed by atoms with Crippen LogP contribution in [0.4, 0.5) is 4.39 Å². The molecule has 0 radical (unpaired) electrons. The highest BCUT2D eigenvalue weighted by molar-refractivity contribution is 7.89. The molecule has 1 atom stereocenters. The van der Waals surface area contributed by atoms with Crippen molar-refractivity contribution in [3.8, 4) is 0 Å². The van der Waals surface area contributed by atoms with Gasteiger partial charge in [-0.2, -0.15) is 0 Å². The van der Waals surface area contributed by atoms with Gasteiger partial charge in [0.05, 0.1) is 11.5 Å². The van der Waals surface area contributed by atoms with Crippen LogP contribution >= 0.6 is 0 Å². The second-order valence-corrected chi connectivity index (χ2v) is 6.61. The number of hydrogen-bond donors (Lipinski definition) is 2. The van der Waals surface area contributed by atoms with Crippen LogP contribution in [0, 0.1) is 5.82 Å². The molecule has 1 aromatic rings. The summed E-state index contributed by atoms with van der Waals surface area (Å²) in [6, 6.07) is 3.13. The first-order valence-corrected chi connectivity index (χ1v) is 8.30. The quantitative estimate of drug-likeness (QED) is 0.725. The fourth-order valence-electron chi connectivity index (χ4n) is 2.00. The van der Waals surface area contributed by atoms with Gasteiger partial charge in [0.2, 0.25) is 10.0 Å². The molecule has 0 saturated carbocycles. The monoisotopic (exact) mass is 303 g/mol. The first-order chi connectivity index (χ1) is 9.40. The van der Waals surface area contributed by atoms with Crippen LogP contribution in [0.5, 0.6) is 0 Å². The summed E-state index contributed by atoms with van der Waals surface area (Å²) in [6.07, 6.45) is 3.79. The second-order valence-electron chi connectivity index (χ2n) is 4.93. The topological polar surface area (TPSA) is 66.4 Å². The number of aliphatic hydroxyl groups is 1. The molecule has 0 bridgehead atoms. The highest BCUT2D eigenvalue weighted by atomic mass is 32.2. The molecule has 0 saturated heterocycles. The molecule has 0 aliphatic heterocycles. The Hall–Kier alpha value is -0.980. The number of sulfonamides is 1. The summed E-state index contributed by atoms with van der Waals surface area (Å²) in [5, 5.41) is 9.17. The van der Waals surface area contributed by atoms with Crippen LogP contribution in [-0.4, -0.2) is 19.6 Å². The summed E-state index contributed by atoms with van der Waals surface area (Å²) in [7, 11) is -3.81. The maximum atomic E-state index is 13.2. The van der Waals surface area contributed by atoms with E-state index in [0.29, 0.717) is 0 Å². The lowest BCUT2D eigenvalue weighted by Gasteiger charge is -2.15. The summed E-state index contributed by atoms with van der Waals surface area (Å²) in [6.45, 7) is 3.42. The minimum atomic E-state index is -3.81. The van der Waals surface area contributed by atoms with Crippen LogP contribution in [0.1, 0.15) is 45.1 Å². The fourth-order valence-corrected chi connectivity index (χ4v) is 3.52. The molecule has 114 valence electrons. The Labute approximate surface area is 120 Å². The van der Waals surface area contributed by atoms with Crippen molar-refractivity contribution in [2.24, 2.45) is 0 Å². The molecule has 1 rings (SSSR count). The van der Waals surface area contributed by atoms with Crippen LogP contribution in [-0.2, 0) is 16.6 Å². The molecule has 1 aromatic carbocycles. The number of unbranched alkanes of at least 4 members (excludes halogenated alkanes) is 2. The maximum Gasteiger partial charge on any atom is 0.241 e. The Balaban J connectivity index is 2.85. The van der Waals surface area contributed by atoms with E-state index in [1.807, 2.05) is 0 Å². The van der Waals surface area contributed by atoms with Gasteiger partial charge in [0, 0.05) is 6.04 Å². The van der Waals surface area contributed by atoms with Gasteiger partial charge < -0.3 is 5.11 Å². The number of rotatable bonds is 8. The van der Waals surface area contributed by atoms with E-state index in [0.717, 1.165) is 37.8 Å². The van der Waals surface area contributed by atoms with E-state index in [9.17, 15) is 12.8 Å². The van der Waals surface area contributed by atoms with Crippen LogP contribution < -0.4 is 4.72 Å². The van der Waals surface area contributed by atoms with E-state index in [-0.39, 0.29) is 16.5 Å². The third-order valence-corrected chi connectivity index (χ3v) is 4.76. The number of nitrogens with one attached hydrogen (secondary N) is 1. The van der Waals surface area contributed by atoms with Gasteiger partial charge in [-0.1, -0.05) is 32.3 Å². The average Bonchev–Trinajstić information content (AvgIpc) is 2.38. The first kappa shape index (κ1) is 17.1. The molecule has 20 heavy (non-hydrogen) atoms. The molecule has 4 nitrogen and oxygen atoms in total. The molecule has 0 heterocycles. The molecular weight excluding hydrogens is 281 g/mol. The van der Waals surface area contributed by atoms with E-state index < -0.39 is 22.4 Å². The highest BCUT2D eigenvalue weighted by Gasteiger charge is 2.21. The van der Waals surface area contributed by atoms with Crippen molar-refractivity contribution >= 4 is 10.0 Å². The molecule has 2 N–H and O–H groups in total. The van der Waals surface area contributed by atoms with Gasteiger partial charge in [0.15, 0.2) is 0 Å². The fraction of sp³-hybridized carbons (Fsp3) is 0.571. The Morgan fingerprint density at radius 1 is 1.35 bits per heavy atom. The van der Waals surface area contributed by atoms with Crippen LogP contribution in [0.2, 0.25) is 0 Å². The van der Waals surface area contributed by atoms with Crippen molar-refractivity contribution in [1.82, 2.24) is 4.72 Å². The van der Waals surface area contributed by atoms with Gasteiger partial charge in [-0.05, 0) is 31.0 Å². The van der Waals surface area contributed by atoms with Crippen molar-refractivity contribution in [2.75, 3.05) is 0 Å². The van der Waals surface area contributed by atoms with E-state index >= 15 is 0 Å². The molecule has 6 heteroatoms. The van der Waals surface area contributed by atoms with Gasteiger partial charge in [0.25, 0.3) is 0 Å². The number of benzene rings is 1. The lowest BCUT2D eigenvalue weighted by molar-refractivity contribution is 0.278. The zero-order valence-electron chi connectivity index (χ0n) is 11.9. The van der Waals surface area contributed by atoms with Crippen molar-refractivity contribution < 1.29 is 17.9 Å². The number of aliphatic hydroxyl groups excluding tert-OH is 1. The summed E-state index contributed by atoms with van der Waals surface area (Å²) < 4.78 is 40.2. The van der Waals surface area contributed by atoms with Gasteiger partial charge in [-0.25, -0.2) is 17.5 Å². The van der Waals surface area contributed by atoms with Gasteiger partial charge in [-0.3, -0.25) is 0 Å². The average molecular weight is 303 g/mol. The Morgan fingerprint density at radius 3 is 2.65 bits per heavy atom. The third kappa shape index (κ3) is 4.85. The largest absolute Gasteiger partial charge is 0.392 e. The Kier molecular flexibility index (Phi) is 6.58. The molecule has 0 spiro atoms. The molecule has 0 aromatic heterocycles. The van der Waals surface area contributed by atoms with Gasteiger partial charge in [0.1, 0.15) is 5.82 Å². The van der Waals surface area contributed by atoms with Crippen molar-refractivity contribution in [2.45, 2.75) is 57.1 Å². The summed E-state index contributed by atoms with van der Waals surface area (Å²) in [4.78, 5) is -0.192. The standard InChI is InChI=1S/C14H22FNO3S/c1-3-4-5-6-11(2)16-20(18,19)14-9-13(15)8-7-12(14)10-17/h7-9,11,16-17H,3-6,10H2,1-2H3. The van der Waals surface area contributed by atoms with Crippen molar-refractivity contribution in [3.05, 3.63) is 29.6 Å². The van der Waals surface area contributed by atoms with Gasteiger partial charge in [-0.15, -0.1) is 0 Å². The van der Waals surface area contributed by atoms with Crippen LogP contribution in [0.25, 0.3) is 0 Å². The molecule has 0 aliphatic rings. The molecule has 1 unspecified atom stereocenters. The minimum absolute atomic E-state index is 0.192. The van der Waals surface area contributed by atoms with Crippen molar-refractivity contribution in [1.29, 1.82) is 0 Å². The third-order valence-electron chi connectivity index (χ3n) is 3.09. The van der Waals surface area contributed by atoms with E-state index in [1.165, 1.54) is 6.07 Å². The van der Waals surface area contributed by atoms with E-state index in [2.05, 4.69) is 11.6 Å². The summed E-state index contributed by atoms with van der Waals surface area (Å²) >= 11 is 0. The molecule has 0 fully saturated rings. The zero-order chi connectivity index (χ0) is 15.2. The van der Waals surface area contributed by atoms with Gasteiger partial charge >= 0.3 is 0 Å². The number of halogens is 1. The second kappa shape index (κ2) is 7.71. The van der Waals surface area contributed by atoms with E-state index in [4.69, 9.17) is 5.11 Å². The normalized spacial score (nSPS) is 13.4. The van der Waals surface area contributed by atoms with Crippen LogP contribution in [0.3, 0.4) is 0 Å². The zero-order valence-corrected chi connectivity index (χ0v) is 12.7. The lowest BCUT2D eigenvalue weighted by Crippen LogP contribution is -2.33. The first-order valence-electron chi connectivity index (χ1n) is 6.82. The Morgan fingerprint density at radius 2 is 2.05 bits per heavy atom. The Bertz CT molecular complexity index is 531. The predicted octanol–water partition coefficient (Wildman–Crippen LogP) is 2.57. The SMILES string of the molecule is CCCCCC(C)NS(=O)(=O)c1cc(F)ccc1CO. The molecular formula is C14H22FNO3S. The minimum Gasteiger partial charge on any atom is -0.392 e. The lowest BCUT2D eigenvalue weighted by atomic mass is 10.1. The molecule has 0 amide bonds. The maximum absolute atomic E-state index is 13.2. The van der Waals surface area contributed by atoms with Crippen LogP contribution in [0.15, 0.2) is 23.1 Å². The predicted molar refractivity (Wildman–Crippen MR) is 76.2 cm³/mol. The van der Waals surface area contributed by atoms with Crippen molar-refractivity contribution in [3.63, 3.8) is 0 Å². The smallest absolute Gasteiger partial charge is 0.241 e. The number of hydrogen-bond acceptors (Lipinski definition) is 3.